The third-order valence-electron chi connectivity index (χ3n) is 2.50. The van der Waals surface area contributed by atoms with Crippen molar-refractivity contribution in [2.24, 2.45) is 5.73 Å². The molecule has 0 fully saturated rings. The Balaban J connectivity index is 2.78. The van der Waals surface area contributed by atoms with Crippen LogP contribution in [0.3, 0.4) is 0 Å². The van der Waals surface area contributed by atoms with Crippen LogP contribution in [0.4, 0.5) is 0 Å². The van der Waals surface area contributed by atoms with Gasteiger partial charge in [0, 0.05) is 10.9 Å². The minimum Gasteiger partial charge on any atom is -0.369 e. The highest BCUT2D eigenvalue weighted by molar-refractivity contribution is 8.00. The third-order valence-corrected chi connectivity index (χ3v) is 3.62. The first-order chi connectivity index (χ1) is 7.54. The van der Waals surface area contributed by atoms with Gasteiger partial charge in [0.15, 0.2) is 0 Å². The van der Waals surface area contributed by atoms with Crippen molar-refractivity contribution in [1.29, 1.82) is 0 Å². The SMILES string of the molecule is CNC(C)c1cccc(SC(C)C(N)=O)c1. The zero-order valence-corrected chi connectivity index (χ0v) is 10.7. The Kier molecular flexibility index (Phi) is 4.83. The number of carbonyl (C=O) groups excluding carboxylic acids is 1. The highest BCUT2D eigenvalue weighted by atomic mass is 32.2. The summed E-state index contributed by atoms with van der Waals surface area (Å²) in [6.07, 6.45) is 0. The Morgan fingerprint density at radius 3 is 2.69 bits per heavy atom. The topological polar surface area (TPSA) is 55.1 Å². The fraction of sp³-hybridized carbons (Fsp3) is 0.417. The molecule has 2 unspecified atom stereocenters. The molecule has 1 rings (SSSR count). The molecule has 16 heavy (non-hydrogen) atoms. The molecule has 0 saturated carbocycles. The molecule has 3 nitrogen and oxygen atoms in total. The highest BCUT2D eigenvalue weighted by Crippen LogP contribution is 2.25. The van der Waals surface area contributed by atoms with Crippen LogP contribution in [0, 0.1) is 0 Å². The van der Waals surface area contributed by atoms with Gasteiger partial charge in [0.2, 0.25) is 5.91 Å². The highest BCUT2D eigenvalue weighted by Gasteiger charge is 2.11. The lowest BCUT2D eigenvalue weighted by Gasteiger charge is -2.13. The van der Waals surface area contributed by atoms with Crippen LogP contribution in [0.25, 0.3) is 0 Å². The van der Waals surface area contributed by atoms with Crippen LogP contribution in [0.15, 0.2) is 29.2 Å². The molecule has 4 heteroatoms. The first kappa shape index (κ1) is 13.1. The number of nitrogens with one attached hydrogen (secondary N) is 1. The molecule has 0 bridgehead atoms. The second kappa shape index (κ2) is 5.92. The average molecular weight is 238 g/mol. The van der Waals surface area contributed by atoms with Gasteiger partial charge in [-0.15, -0.1) is 11.8 Å². The molecule has 1 amide bonds. The maximum Gasteiger partial charge on any atom is 0.230 e. The normalized spacial score (nSPS) is 14.4. The minimum absolute atomic E-state index is 0.194. The molecule has 0 saturated heterocycles. The summed E-state index contributed by atoms with van der Waals surface area (Å²) < 4.78 is 0. The summed E-state index contributed by atoms with van der Waals surface area (Å²) in [4.78, 5) is 12.0. The van der Waals surface area contributed by atoms with Crippen molar-refractivity contribution in [2.45, 2.75) is 30.0 Å². The fourth-order valence-corrected chi connectivity index (χ4v) is 2.17. The van der Waals surface area contributed by atoms with Crippen LogP contribution in [-0.2, 0) is 4.79 Å². The van der Waals surface area contributed by atoms with Crippen LogP contribution in [0.1, 0.15) is 25.5 Å². The van der Waals surface area contributed by atoms with Gasteiger partial charge in [-0.3, -0.25) is 4.79 Å². The van der Waals surface area contributed by atoms with E-state index < -0.39 is 0 Å². The molecule has 0 aliphatic rings. The van der Waals surface area contributed by atoms with E-state index in [0.717, 1.165) is 4.90 Å². The van der Waals surface area contributed by atoms with Crippen molar-refractivity contribution in [2.75, 3.05) is 7.05 Å². The summed E-state index contributed by atoms with van der Waals surface area (Å²) in [6, 6.07) is 8.46. The van der Waals surface area contributed by atoms with Gasteiger partial charge >= 0.3 is 0 Å². The minimum atomic E-state index is -0.280. The largest absolute Gasteiger partial charge is 0.369 e. The number of hydrogen-bond donors (Lipinski definition) is 2. The fourth-order valence-electron chi connectivity index (χ4n) is 1.29. The second-order valence-corrected chi connectivity index (χ2v) is 5.16. The molecular formula is C12H18N2OS. The molecule has 0 radical (unpaired) electrons. The van der Waals surface area contributed by atoms with Gasteiger partial charge in [0.25, 0.3) is 0 Å². The predicted molar refractivity (Wildman–Crippen MR) is 68.4 cm³/mol. The molecule has 2 atom stereocenters. The maximum atomic E-state index is 11.0. The van der Waals surface area contributed by atoms with E-state index in [1.54, 1.807) is 0 Å². The van der Waals surface area contributed by atoms with E-state index in [9.17, 15) is 4.79 Å². The van der Waals surface area contributed by atoms with Crippen LogP contribution < -0.4 is 11.1 Å². The van der Waals surface area contributed by atoms with E-state index >= 15 is 0 Å². The van der Waals surface area contributed by atoms with Crippen LogP contribution in [-0.4, -0.2) is 18.2 Å². The lowest BCUT2D eigenvalue weighted by Crippen LogP contribution is -2.22. The zero-order chi connectivity index (χ0) is 12.1. The summed E-state index contributed by atoms with van der Waals surface area (Å²) >= 11 is 1.49. The number of amides is 1. The van der Waals surface area contributed by atoms with Crippen molar-refractivity contribution in [3.8, 4) is 0 Å². The Morgan fingerprint density at radius 1 is 1.44 bits per heavy atom. The third kappa shape index (κ3) is 3.54. The average Bonchev–Trinajstić information content (AvgIpc) is 2.28. The molecule has 1 aromatic carbocycles. The second-order valence-electron chi connectivity index (χ2n) is 3.75. The monoisotopic (exact) mass is 238 g/mol. The van der Waals surface area contributed by atoms with Crippen LogP contribution in [0.5, 0.6) is 0 Å². The van der Waals surface area contributed by atoms with Crippen LogP contribution >= 0.6 is 11.8 Å². The number of thioether (sulfide) groups is 1. The lowest BCUT2D eigenvalue weighted by molar-refractivity contribution is -0.117. The van der Waals surface area contributed by atoms with E-state index in [0.29, 0.717) is 6.04 Å². The zero-order valence-electron chi connectivity index (χ0n) is 9.86. The molecular weight excluding hydrogens is 220 g/mol. The number of carbonyl (C=O) groups is 1. The number of nitrogens with two attached hydrogens (primary N) is 1. The predicted octanol–water partition coefficient (Wildman–Crippen LogP) is 1.93. The van der Waals surface area contributed by atoms with Gasteiger partial charge in [-0.25, -0.2) is 0 Å². The summed E-state index contributed by atoms with van der Waals surface area (Å²) in [7, 11) is 1.93. The molecule has 3 N–H and O–H groups in total. The molecule has 0 spiro atoms. The van der Waals surface area contributed by atoms with E-state index in [4.69, 9.17) is 5.73 Å². The summed E-state index contributed by atoms with van der Waals surface area (Å²) in [6.45, 7) is 3.92. The molecule has 0 heterocycles. The number of rotatable bonds is 5. The number of hydrogen-bond acceptors (Lipinski definition) is 3. The summed E-state index contributed by atoms with van der Waals surface area (Å²) in [5.74, 6) is -0.280. The smallest absolute Gasteiger partial charge is 0.230 e. The van der Waals surface area contributed by atoms with E-state index in [1.165, 1.54) is 17.3 Å². The van der Waals surface area contributed by atoms with Crippen molar-refractivity contribution < 1.29 is 4.79 Å². The Labute approximate surface area is 101 Å². The van der Waals surface area contributed by atoms with Crippen molar-refractivity contribution >= 4 is 17.7 Å². The van der Waals surface area contributed by atoms with E-state index in [-0.39, 0.29) is 11.2 Å². The van der Waals surface area contributed by atoms with Gasteiger partial charge in [-0.05, 0) is 38.6 Å². The van der Waals surface area contributed by atoms with Crippen LogP contribution in [0.2, 0.25) is 0 Å². The molecule has 0 aliphatic carbocycles. The molecule has 1 aromatic rings. The summed E-state index contributed by atoms with van der Waals surface area (Å²) in [5, 5.41) is 2.99. The molecule has 0 aromatic heterocycles. The Morgan fingerprint density at radius 2 is 2.12 bits per heavy atom. The van der Waals surface area contributed by atoms with Gasteiger partial charge in [-0.1, -0.05) is 12.1 Å². The number of primary amides is 1. The van der Waals surface area contributed by atoms with Crippen molar-refractivity contribution in [3.05, 3.63) is 29.8 Å². The molecule has 0 aliphatic heterocycles. The van der Waals surface area contributed by atoms with Gasteiger partial charge in [0.1, 0.15) is 0 Å². The first-order valence-corrected chi connectivity index (χ1v) is 6.15. The van der Waals surface area contributed by atoms with E-state index in [1.807, 2.05) is 26.1 Å². The van der Waals surface area contributed by atoms with Gasteiger partial charge in [0.05, 0.1) is 5.25 Å². The van der Waals surface area contributed by atoms with Gasteiger partial charge < -0.3 is 11.1 Å². The summed E-state index contributed by atoms with van der Waals surface area (Å²) in [5.41, 5.74) is 6.45. The quantitative estimate of drug-likeness (QED) is 0.771. The van der Waals surface area contributed by atoms with Gasteiger partial charge in [-0.2, -0.15) is 0 Å². The number of benzene rings is 1. The standard InChI is InChI=1S/C12H18N2OS/c1-8(14-3)10-5-4-6-11(7-10)16-9(2)12(13)15/h4-9,14H,1-3H3,(H2,13,15). The van der Waals surface area contributed by atoms with Crippen molar-refractivity contribution in [3.63, 3.8) is 0 Å². The van der Waals surface area contributed by atoms with E-state index in [2.05, 4.69) is 24.4 Å². The first-order valence-electron chi connectivity index (χ1n) is 5.27. The maximum absolute atomic E-state index is 11.0. The Bertz CT molecular complexity index is 368. The molecule has 88 valence electrons. The lowest BCUT2D eigenvalue weighted by atomic mass is 10.1. The Hall–Kier alpha value is -1.00. The van der Waals surface area contributed by atoms with Crippen molar-refractivity contribution in [1.82, 2.24) is 5.32 Å².